The van der Waals surface area contributed by atoms with Crippen LogP contribution in [-0.4, -0.2) is 6.54 Å². The van der Waals surface area contributed by atoms with Crippen LogP contribution in [-0.2, 0) is 0 Å². The number of halogens is 2. The van der Waals surface area contributed by atoms with Gasteiger partial charge in [0.15, 0.2) is 0 Å². The topological polar surface area (TPSA) is 38.0 Å². The Hall–Kier alpha value is -1.58. The number of aryl methyl sites for hydroxylation is 3. The number of nitrogens with one attached hydrogen (secondary N) is 1. The van der Waals surface area contributed by atoms with Gasteiger partial charge in [-0.3, -0.25) is 0 Å². The van der Waals surface area contributed by atoms with E-state index in [-0.39, 0.29) is 11.9 Å². The molecule has 1 atom stereocenters. The lowest BCUT2D eigenvalue weighted by Gasteiger charge is -2.22. The number of anilines is 1. The van der Waals surface area contributed by atoms with Crippen molar-refractivity contribution in [1.29, 1.82) is 0 Å². The van der Waals surface area contributed by atoms with E-state index in [1.165, 1.54) is 28.8 Å². The molecule has 0 saturated carbocycles. The summed E-state index contributed by atoms with van der Waals surface area (Å²) in [5.74, 6) is -0.363. The first kappa shape index (κ1) is 15.8. The summed E-state index contributed by atoms with van der Waals surface area (Å²) < 4.78 is 13.4. The smallest absolute Gasteiger partial charge is 0.126 e. The monoisotopic (exact) mass is 306 g/mol. The molecule has 2 aromatic carbocycles. The van der Waals surface area contributed by atoms with Gasteiger partial charge < -0.3 is 11.1 Å². The van der Waals surface area contributed by atoms with Crippen molar-refractivity contribution in [3.05, 3.63) is 63.4 Å². The lowest BCUT2D eigenvalue weighted by molar-refractivity contribution is 0.627. The number of hydrogen-bond acceptors (Lipinski definition) is 2. The predicted octanol–water partition coefficient (Wildman–Crippen LogP) is 4.52. The average Bonchev–Trinajstić information content (AvgIpc) is 2.39. The third kappa shape index (κ3) is 3.74. The molecule has 0 aliphatic heterocycles. The van der Waals surface area contributed by atoms with Gasteiger partial charge in [0.2, 0.25) is 0 Å². The summed E-state index contributed by atoms with van der Waals surface area (Å²) in [6.45, 7) is 6.64. The molecule has 2 aromatic rings. The molecule has 0 aliphatic rings. The fraction of sp³-hybridized carbons (Fsp3) is 0.294. The Kier molecular flexibility index (Phi) is 4.86. The summed E-state index contributed by atoms with van der Waals surface area (Å²) in [7, 11) is 0. The van der Waals surface area contributed by atoms with Crippen LogP contribution in [0.15, 0.2) is 30.3 Å². The van der Waals surface area contributed by atoms with Crippen molar-refractivity contribution >= 4 is 17.3 Å². The first-order chi connectivity index (χ1) is 9.90. The van der Waals surface area contributed by atoms with Gasteiger partial charge in [-0.15, -0.1) is 0 Å². The predicted molar refractivity (Wildman–Crippen MR) is 87.5 cm³/mol. The van der Waals surface area contributed by atoms with Crippen molar-refractivity contribution in [2.45, 2.75) is 26.8 Å². The van der Waals surface area contributed by atoms with Crippen LogP contribution >= 0.6 is 11.6 Å². The maximum atomic E-state index is 13.4. The van der Waals surface area contributed by atoms with E-state index in [1.807, 2.05) is 0 Å². The molecule has 0 heterocycles. The van der Waals surface area contributed by atoms with Crippen LogP contribution < -0.4 is 11.1 Å². The van der Waals surface area contributed by atoms with E-state index >= 15 is 0 Å². The second-order valence-corrected chi connectivity index (χ2v) is 5.82. The average molecular weight is 307 g/mol. The molecule has 4 heteroatoms. The van der Waals surface area contributed by atoms with Crippen LogP contribution in [0.5, 0.6) is 0 Å². The highest BCUT2D eigenvalue weighted by molar-refractivity contribution is 6.30. The first-order valence-corrected chi connectivity index (χ1v) is 7.29. The summed E-state index contributed by atoms with van der Waals surface area (Å²) in [5, 5.41) is 3.63. The van der Waals surface area contributed by atoms with Crippen molar-refractivity contribution in [1.82, 2.24) is 0 Å². The minimum absolute atomic E-state index is 0.0813. The van der Waals surface area contributed by atoms with Gasteiger partial charge in [-0.05, 0) is 61.2 Å². The molecular weight excluding hydrogens is 287 g/mol. The van der Waals surface area contributed by atoms with Crippen molar-refractivity contribution in [3.63, 3.8) is 0 Å². The quantitative estimate of drug-likeness (QED) is 0.872. The zero-order valence-corrected chi connectivity index (χ0v) is 13.3. The highest BCUT2D eigenvalue weighted by Crippen LogP contribution is 2.26. The van der Waals surface area contributed by atoms with Crippen LogP contribution in [0.2, 0.25) is 5.02 Å². The zero-order chi connectivity index (χ0) is 15.6. The van der Waals surface area contributed by atoms with Gasteiger partial charge in [-0.1, -0.05) is 23.7 Å². The minimum atomic E-state index is -0.363. The molecule has 0 aliphatic carbocycles. The van der Waals surface area contributed by atoms with Crippen LogP contribution in [0.4, 0.5) is 10.1 Å². The Balaban J connectivity index is 2.34. The highest BCUT2D eigenvalue weighted by atomic mass is 35.5. The summed E-state index contributed by atoms with van der Waals surface area (Å²) >= 11 is 5.89. The molecule has 0 aromatic heterocycles. The maximum Gasteiger partial charge on any atom is 0.126 e. The molecule has 0 amide bonds. The summed E-state index contributed by atoms with van der Waals surface area (Å²) in [5.41, 5.74) is 11.3. The second-order valence-electron chi connectivity index (χ2n) is 5.38. The number of hydrogen-bond donors (Lipinski definition) is 2. The van der Waals surface area contributed by atoms with Crippen LogP contribution in [0.1, 0.15) is 28.3 Å². The van der Waals surface area contributed by atoms with E-state index in [0.717, 1.165) is 5.56 Å². The van der Waals surface area contributed by atoms with E-state index in [9.17, 15) is 4.39 Å². The largest absolute Gasteiger partial charge is 0.377 e. The van der Waals surface area contributed by atoms with Gasteiger partial charge in [-0.2, -0.15) is 0 Å². The van der Waals surface area contributed by atoms with E-state index in [2.05, 4.69) is 38.2 Å². The molecule has 2 nitrogen and oxygen atoms in total. The lowest BCUT2D eigenvalue weighted by atomic mass is 9.95. The Bertz CT molecular complexity index is 635. The molecule has 3 N–H and O–H groups in total. The lowest BCUT2D eigenvalue weighted by Crippen LogP contribution is -2.21. The van der Waals surface area contributed by atoms with Gasteiger partial charge in [-0.25, -0.2) is 4.39 Å². The Labute approximate surface area is 130 Å². The maximum absolute atomic E-state index is 13.4. The van der Waals surface area contributed by atoms with Crippen molar-refractivity contribution in [2.75, 3.05) is 11.9 Å². The molecule has 0 fully saturated rings. The first-order valence-electron chi connectivity index (χ1n) is 6.91. The van der Waals surface area contributed by atoms with Crippen LogP contribution in [0.25, 0.3) is 0 Å². The van der Waals surface area contributed by atoms with Gasteiger partial charge in [0.1, 0.15) is 5.82 Å². The van der Waals surface area contributed by atoms with E-state index < -0.39 is 0 Å². The fourth-order valence-electron chi connectivity index (χ4n) is 2.46. The van der Waals surface area contributed by atoms with Crippen molar-refractivity contribution < 1.29 is 4.39 Å². The molecule has 0 bridgehead atoms. The number of nitrogens with two attached hydrogens (primary N) is 1. The highest BCUT2D eigenvalue weighted by Gasteiger charge is 2.14. The molecule has 0 saturated heterocycles. The molecule has 0 radical (unpaired) electrons. The molecule has 112 valence electrons. The van der Waals surface area contributed by atoms with Crippen LogP contribution in [0.3, 0.4) is 0 Å². The SMILES string of the molecule is Cc1cc(C)c(C(CN)Nc2cc(F)cc(Cl)c2)cc1C. The Morgan fingerprint density at radius 3 is 2.33 bits per heavy atom. The Morgan fingerprint density at radius 2 is 1.71 bits per heavy atom. The van der Waals surface area contributed by atoms with Gasteiger partial charge in [0.05, 0.1) is 6.04 Å². The van der Waals surface area contributed by atoms with E-state index in [0.29, 0.717) is 17.3 Å². The normalized spacial score (nSPS) is 12.3. The van der Waals surface area contributed by atoms with E-state index in [4.69, 9.17) is 17.3 Å². The second kappa shape index (κ2) is 6.46. The standard InChI is InChI=1S/C17H20ClFN2/c1-10-4-12(3)16(5-11(10)2)17(9-20)21-15-7-13(18)6-14(19)8-15/h4-8,17,21H,9,20H2,1-3H3. The van der Waals surface area contributed by atoms with Crippen molar-refractivity contribution in [2.24, 2.45) is 5.73 Å². The van der Waals surface area contributed by atoms with Gasteiger partial charge >= 0.3 is 0 Å². The molecule has 21 heavy (non-hydrogen) atoms. The molecule has 2 rings (SSSR count). The number of rotatable bonds is 4. The number of benzene rings is 2. The molecular formula is C17H20ClFN2. The summed E-state index contributed by atoms with van der Waals surface area (Å²) in [4.78, 5) is 0. The summed E-state index contributed by atoms with van der Waals surface area (Å²) in [6, 6.07) is 8.60. The van der Waals surface area contributed by atoms with Gasteiger partial charge in [0.25, 0.3) is 0 Å². The fourth-order valence-corrected chi connectivity index (χ4v) is 2.68. The zero-order valence-electron chi connectivity index (χ0n) is 12.5. The van der Waals surface area contributed by atoms with Gasteiger partial charge in [0, 0.05) is 17.3 Å². The van der Waals surface area contributed by atoms with Crippen LogP contribution in [0, 0.1) is 26.6 Å². The summed E-state index contributed by atoms with van der Waals surface area (Å²) in [6.07, 6.45) is 0. The minimum Gasteiger partial charge on any atom is -0.377 e. The molecule has 0 spiro atoms. The van der Waals surface area contributed by atoms with Crippen molar-refractivity contribution in [3.8, 4) is 0 Å². The third-order valence-electron chi connectivity index (χ3n) is 3.70. The Morgan fingerprint density at radius 1 is 1.05 bits per heavy atom. The molecule has 1 unspecified atom stereocenters. The van der Waals surface area contributed by atoms with E-state index in [1.54, 1.807) is 6.07 Å². The third-order valence-corrected chi connectivity index (χ3v) is 3.92.